The van der Waals surface area contributed by atoms with Crippen LogP contribution in [-0.2, 0) is 6.42 Å². The summed E-state index contributed by atoms with van der Waals surface area (Å²) in [5, 5.41) is 10.3. The number of rotatable bonds is 4. The molecule has 2 rings (SSSR count). The fourth-order valence-electron chi connectivity index (χ4n) is 2.49. The maximum absolute atomic E-state index is 13.8. The summed E-state index contributed by atoms with van der Waals surface area (Å²) < 4.78 is 19.2. The number of hydrogen-bond donors (Lipinski definition) is 1. The summed E-state index contributed by atoms with van der Waals surface area (Å²) in [6, 6.07) is 4.73. The predicted octanol–water partition coefficient (Wildman–Crippen LogP) is 3.43. The van der Waals surface area contributed by atoms with Crippen molar-refractivity contribution in [3.05, 3.63) is 58.2 Å². The second-order valence-electron chi connectivity index (χ2n) is 5.29. The van der Waals surface area contributed by atoms with Gasteiger partial charge in [0, 0.05) is 35.0 Å². The number of aryl methyl sites for hydroxylation is 2. The molecule has 1 atom stereocenters. The molecule has 0 aliphatic carbocycles. The number of aliphatic hydroxyl groups excluding tert-OH is 1. The minimum Gasteiger partial charge on any atom is -0.496 e. The maximum Gasteiger partial charge on any atom is 0.129 e. The maximum atomic E-state index is 13.8. The number of pyridine rings is 1. The van der Waals surface area contributed by atoms with Crippen LogP contribution in [0.1, 0.15) is 34.1 Å². The molecule has 0 radical (unpaired) electrons. The van der Waals surface area contributed by atoms with Crippen LogP contribution in [0.25, 0.3) is 0 Å². The Labute approximate surface area is 124 Å². The van der Waals surface area contributed by atoms with Gasteiger partial charge >= 0.3 is 0 Å². The van der Waals surface area contributed by atoms with E-state index in [1.165, 1.54) is 6.07 Å². The third kappa shape index (κ3) is 3.22. The van der Waals surface area contributed by atoms with E-state index < -0.39 is 11.9 Å². The molecule has 0 saturated heterocycles. The van der Waals surface area contributed by atoms with Crippen LogP contribution in [0, 0.1) is 26.6 Å². The monoisotopic (exact) mass is 289 g/mol. The van der Waals surface area contributed by atoms with Crippen LogP contribution < -0.4 is 4.74 Å². The zero-order valence-corrected chi connectivity index (χ0v) is 12.8. The molecule has 3 nitrogen and oxygen atoms in total. The minimum absolute atomic E-state index is 0.253. The summed E-state index contributed by atoms with van der Waals surface area (Å²) in [7, 11) is 1.61. The molecule has 112 valence electrons. The summed E-state index contributed by atoms with van der Waals surface area (Å²) in [6.07, 6.45) is 1.03. The van der Waals surface area contributed by atoms with Crippen molar-refractivity contribution in [1.82, 2.24) is 4.98 Å². The highest BCUT2D eigenvalue weighted by molar-refractivity contribution is 5.41. The van der Waals surface area contributed by atoms with Crippen molar-refractivity contribution in [1.29, 1.82) is 0 Å². The average Bonchev–Trinajstić information content (AvgIpc) is 2.45. The highest BCUT2D eigenvalue weighted by atomic mass is 19.1. The largest absolute Gasteiger partial charge is 0.496 e. The van der Waals surface area contributed by atoms with E-state index in [1.807, 2.05) is 20.8 Å². The van der Waals surface area contributed by atoms with Crippen molar-refractivity contribution in [3.8, 4) is 5.75 Å². The molecule has 4 heteroatoms. The molecule has 1 N–H and O–H groups in total. The van der Waals surface area contributed by atoms with E-state index in [9.17, 15) is 9.50 Å². The number of aliphatic hydroxyl groups is 1. The molecular weight excluding hydrogens is 269 g/mol. The molecule has 0 bridgehead atoms. The topological polar surface area (TPSA) is 42.4 Å². The third-order valence-corrected chi connectivity index (χ3v) is 3.65. The van der Waals surface area contributed by atoms with Gasteiger partial charge < -0.3 is 9.84 Å². The summed E-state index contributed by atoms with van der Waals surface area (Å²) in [5.74, 6) is 0.363. The van der Waals surface area contributed by atoms with Crippen molar-refractivity contribution in [2.75, 3.05) is 7.11 Å². The lowest BCUT2D eigenvalue weighted by molar-refractivity contribution is 0.172. The predicted molar refractivity (Wildman–Crippen MR) is 80.1 cm³/mol. The Bertz CT molecular complexity index is 655. The Balaban J connectivity index is 2.32. The van der Waals surface area contributed by atoms with Crippen molar-refractivity contribution >= 4 is 0 Å². The molecule has 1 aromatic carbocycles. The number of halogens is 1. The lowest BCUT2D eigenvalue weighted by Gasteiger charge is -2.16. The molecule has 0 fully saturated rings. The van der Waals surface area contributed by atoms with Gasteiger partial charge in [-0.1, -0.05) is 17.7 Å². The van der Waals surface area contributed by atoms with Crippen molar-refractivity contribution in [3.63, 3.8) is 0 Å². The molecule has 2 aromatic rings. The molecule has 21 heavy (non-hydrogen) atoms. The Hall–Kier alpha value is -1.94. The van der Waals surface area contributed by atoms with E-state index in [0.29, 0.717) is 11.3 Å². The number of ether oxygens (including phenoxy) is 1. The van der Waals surface area contributed by atoms with Gasteiger partial charge in [0.05, 0.1) is 13.2 Å². The summed E-state index contributed by atoms with van der Waals surface area (Å²) in [4.78, 5) is 4.34. The van der Waals surface area contributed by atoms with Crippen LogP contribution in [-0.4, -0.2) is 17.2 Å². The van der Waals surface area contributed by atoms with Gasteiger partial charge in [0.2, 0.25) is 0 Å². The second-order valence-corrected chi connectivity index (χ2v) is 5.29. The number of methoxy groups -OCH3 is 1. The number of hydrogen-bond acceptors (Lipinski definition) is 3. The van der Waals surface area contributed by atoms with E-state index in [2.05, 4.69) is 4.98 Å². The van der Waals surface area contributed by atoms with E-state index in [0.717, 1.165) is 22.4 Å². The molecule has 1 aromatic heterocycles. The molecule has 0 saturated carbocycles. The summed E-state index contributed by atoms with van der Waals surface area (Å²) in [5.41, 5.74) is 3.75. The Morgan fingerprint density at radius 3 is 2.67 bits per heavy atom. The lowest BCUT2D eigenvalue weighted by atomic mass is 9.99. The molecule has 1 heterocycles. The summed E-state index contributed by atoms with van der Waals surface area (Å²) in [6.45, 7) is 5.68. The highest BCUT2D eigenvalue weighted by Crippen LogP contribution is 2.28. The summed E-state index contributed by atoms with van der Waals surface area (Å²) >= 11 is 0. The fourth-order valence-corrected chi connectivity index (χ4v) is 2.49. The van der Waals surface area contributed by atoms with E-state index >= 15 is 0 Å². The van der Waals surface area contributed by atoms with Gasteiger partial charge in [0.25, 0.3) is 0 Å². The van der Waals surface area contributed by atoms with Crippen LogP contribution in [0.5, 0.6) is 5.75 Å². The van der Waals surface area contributed by atoms with Crippen LogP contribution in [0.3, 0.4) is 0 Å². The number of nitrogens with zero attached hydrogens (tertiary/aromatic N) is 1. The number of benzene rings is 1. The van der Waals surface area contributed by atoms with Crippen molar-refractivity contribution in [2.24, 2.45) is 0 Å². The smallest absolute Gasteiger partial charge is 0.129 e. The van der Waals surface area contributed by atoms with Gasteiger partial charge in [-0.25, -0.2) is 4.39 Å². The van der Waals surface area contributed by atoms with Crippen LogP contribution in [0.15, 0.2) is 24.4 Å². The first-order chi connectivity index (χ1) is 9.93. The normalized spacial score (nSPS) is 12.3. The Kier molecular flexibility index (Phi) is 4.58. The quantitative estimate of drug-likeness (QED) is 0.937. The zero-order valence-electron chi connectivity index (χ0n) is 12.8. The zero-order chi connectivity index (χ0) is 15.6. The van der Waals surface area contributed by atoms with Crippen molar-refractivity contribution in [2.45, 2.75) is 33.3 Å². The van der Waals surface area contributed by atoms with Gasteiger partial charge in [-0.2, -0.15) is 0 Å². The van der Waals surface area contributed by atoms with Crippen molar-refractivity contribution < 1.29 is 14.2 Å². The Morgan fingerprint density at radius 2 is 2.00 bits per heavy atom. The van der Waals surface area contributed by atoms with Gasteiger partial charge in [-0.05, 0) is 26.8 Å². The van der Waals surface area contributed by atoms with Gasteiger partial charge in [-0.3, -0.25) is 4.98 Å². The number of aromatic nitrogens is 1. The first kappa shape index (κ1) is 15.4. The fraction of sp³-hybridized carbons (Fsp3) is 0.353. The molecule has 0 aliphatic rings. The highest BCUT2D eigenvalue weighted by Gasteiger charge is 2.17. The minimum atomic E-state index is -0.927. The first-order valence-corrected chi connectivity index (χ1v) is 6.87. The molecule has 1 unspecified atom stereocenters. The molecule has 0 amide bonds. The van der Waals surface area contributed by atoms with E-state index in [-0.39, 0.29) is 6.42 Å². The third-order valence-electron chi connectivity index (χ3n) is 3.65. The molecule has 0 spiro atoms. The van der Waals surface area contributed by atoms with Gasteiger partial charge in [-0.15, -0.1) is 0 Å². The lowest BCUT2D eigenvalue weighted by Crippen LogP contribution is -2.08. The molecule has 0 aliphatic heterocycles. The Morgan fingerprint density at radius 1 is 1.29 bits per heavy atom. The van der Waals surface area contributed by atoms with Crippen LogP contribution in [0.4, 0.5) is 4.39 Å². The van der Waals surface area contributed by atoms with Crippen LogP contribution in [0.2, 0.25) is 0 Å². The van der Waals surface area contributed by atoms with E-state index in [1.54, 1.807) is 25.4 Å². The average molecular weight is 289 g/mol. The molecular formula is C17H20FNO2. The SMILES string of the molecule is COc1c(C)cnc(CC(O)c2cc(C)ccc2F)c1C. The standard InChI is InChI=1S/C17H20FNO2/c1-10-5-6-14(18)13(7-10)16(20)8-15-12(3)17(21-4)11(2)9-19-15/h5-7,9,16,20H,8H2,1-4H3. The second kappa shape index (κ2) is 6.22. The van der Waals surface area contributed by atoms with Gasteiger partial charge in [0.1, 0.15) is 11.6 Å². The van der Waals surface area contributed by atoms with Crippen LogP contribution >= 0.6 is 0 Å². The first-order valence-electron chi connectivity index (χ1n) is 6.87. The van der Waals surface area contributed by atoms with Gasteiger partial charge in [0.15, 0.2) is 0 Å². The van der Waals surface area contributed by atoms with E-state index in [4.69, 9.17) is 4.74 Å².